The van der Waals surface area contributed by atoms with E-state index in [0.29, 0.717) is 12.6 Å². The molecule has 0 aromatic heterocycles. The van der Waals surface area contributed by atoms with Crippen molar-refractivity contribution in [2.75, 3.05) is 0 Å². The van der Waals surface area contributed by atoms with E-state index in [1.54, 1.807) is 0 Å². The first kappa shape index (κ1) is 13.1. The maximum Gasteiger partial charge on any atom is 0.328 e. The van der Waals surface area contributed by atoms with E-state index in [4.69, 9.17) is 5.11 Å². The summed E-state index contributed by atoms with van der Waals surface area (Å²) in [5.74, 6) is -0.970. The molecular formula is C14H16N2O3. The Labute approximate surface area is 111 Å². The van der Waals surface area contributed by atoms with Gasteiger partial charge in [-0.3, -0.25) is 0 Å². The summed E-state index contributed by atoms with van der Waals surface area (Å²) >= 11 is 0. The summed E-state index contributed by atoms with van der Waals surface area (Å²) in [5, 5.41) is 14.1. The number of carboxylic acid groups (broad SMARTS) is 1. The number of aliphatic carboxylic acids is 1. The van der Waals surface area contributed by atoms with Gasteiger partial charge in [-0.2, -0.15) is 0 Å². The number of carbonyl (C=O) groups excluding carboxylic acids is 1. The lowest BCUT2D eigenvalue weighted by atomic mass is 10.1. The predicted octanol–water partition coefficient (Wildman–Crippen LogP) is 1.75. The largest absolute Gasteiger partial charge is 0.478 e. The van der Waals surface area contributed by atoms with Gasteiger partial charge in [0.25, 0.3) is 0 Å². The van der Waals surface area contributed by atoms with Crippen molar-refractivity contribution in [3.05, 3.63) is 41.5 Å². The summed E-state index contributed by atoms with van der Waals surface area (Å²) in [4.78, 5) is 21.8. The van der Waals surface area contributed by atoms with Crippen LogP contribution in [0.5, 0.6) is 0 Å². The normalized spacial score (nSPS) is 14.3. The molecule has 19 heavy (non-hydrogen) atoms. The number of hydrogen-bond donors (Lipinski definition) is 3. The van der Waals surface area contributed by atoms with E-state index in [-0.39, 0.29) is 6.03 Å². The maximum absolute atomic E-state index is 11.4. The monoisotopic (exact) mass is 260 g/mol. The molecule has 100 valence electrons. The standard InChI is InChI=1S/C14H16N2O3/c17-13(18)8-5-10-1-3-11(4-2-10)9-15-14(19)16-12-6-7-12/h1-5,8,12H,6-7,9H2,(H,17,18)(H2,15,16,19). The molecule has 0 atom stereocenters. The van der Waals surface area contributed by atoms with Crippen LogP contribution in [0, 0.1) is 0 Å². The van der Waals surface area contributed by atoms with Gasteiger partial charge in [-0.15, -0.1) is 0 Å². The van der Waals surface area contributed by atoms with Crippen LogP contribution in [0.25, 0.3) is 6.08 Å². The SMILES string of the molecule is O=C(O)C=Cc1ccc(CNC(=O)NC2CC2)cc1. The number of amides is 2. The van der Waals surface area contributed by atoms with Crippen LogP contribution >= 0.6 is 0 Å². The van der Waals surface area contributed by atoms with Crippen molar-refractivity contribution in [3.63, 3.8) is 0 Å². The fourth-order valence-electron chi connectivity index (χ4n) is 1.56. The second kappa shape index (κ2) is 6.04. The molecule has 5 nitrogen and oxygen atoms in total. The highest BCUT2D eigenvalue weighted by atomic mass is 16.4. The van der Waals surface area contributed by atoms with Gasteiger partial charge < -0.3 is 15.7 Å². The number of nitrogens with one attached hydrogen (secondary N) is 2. The third-order valence-corrected chi connectivity index (χ3v) is 2.76. The maximum atomic E-state index is 11.4. The Morgan fingerprint density at radius 2 is 1.95 bits per heavy atom. The molecule has 0 radical (unpaired) electrons. The van der Waals surface area contributed by atoms with Crippen LogP contribution in [-0.2, 0) is 11.3 Å². The molecule has 0 bridgehead atoms. The van der Waals surface area contributed by atoms with Crippen LogP contribution in [0.4, 0.5) is 4.79 Å². The van der Waals surface area contributed by atoms with Crippen LogP contribution in [0.1, 0.15) is 24.0 Å². The summed E-state index contributed by atoms with van der Waals surface area (Å²) in [6.45, 7) is 0.460. The number of carboxylic acids is 1. The summed E-state index contributed by atoms with van der Waals surface area (Å²) in [6, 6.07) is 7.56. The first-order chi connectivity index (χ1) is 9.13. The molecule has 1 aromatic carbocycles. The third kappa shape index (κ3) is 4.83. The molecule has 3 N–H and O–H groups in total. The van der Waals surface area contributed by atoms with Gasteiger partial charge in [-0.25, -0.2) is 9.59 Å². The first-order valence-electron chi connectivity index (χ1n) is 6.18. The van der Waals surface area contributed by atoms with Gasteiger partial charge in [-0.05, 0) is 30.0 Å². The van der Waals surface area contributed by atoms with Gasteiger partial charge in [0.1, 0.15) is 0 Å². The van der Waals surface area contributed by atoms with Gasteiger partial charge in [0.2, 0.25) is 0 Å². The summed E-state index contributed by atoms with van der Waals surface area (Å²) < 4.78 is 0. The molecule has 1 aliphatic rings. The van der Waals surface area contributed by atoms with Crippen LogP contribution in [0.15, 0.2) is 30.3 Å². The quantitative estimate of drug-likeness (QED) is 0.706. The molecule has 1 fully saturated rings. The predicted molar refractivity (Wildman–Crippen MR) is 71.5 cm³/mol. The molecule has 2 amide bonds. The molecule has 1 aliphatic carbocycles. The summed E-state index contributed by atoms with van der Waals surface area (Å²) in [6.07, 6.45) is 4.76. The lowest BCUT2D eigenvalue weighted by Crippen LogP contribution is -2.36. The second-order valence-corrected chi connectivity index (χ2v) is 4.51. The van der Waals surface area contributed by atoms with Gasteiger partial charge >= 0.3 is 12.0 Å². The summed E-state index contributed by atoms with van der Waals surface area (Å²) in [5.41, 5.74) is 1.78. The highest BCUT2D eigenvalue weighted by Crippen LogP contribution is 2.18. The van der Waals surface area contributed by atoms with E-state index in [0.717, 1.165) is 30.0 Å². The zero-order valence-corrected chi connectivity index (χ0v) is 10.4. The minimum absolute atomic E-state index is 0.141. The lowest BCUT2D eigenvalue weighted by molar-refractivity contribution is -0.131. The van der Waals surface area contributed by atoms with Gasteiger partial charge in [0.15, 0.2) is 0 Å². The molecule has 0 aliphatic heterocycles. The fourth-order valence-corrected chi connectivity index (χ4v) is 1.56. The molecular weight excluding hydrogens is 244 g/mol. The van der Waals surface area contributed by atoms with Crippen molar-refractivity contribution in [2.45, 2.75) is 25.4 Å². The van der Waals surface area contributed by atoms with Crippen molar-refractivity contribution in [1.29, 1.82) is 0 Å². The van der Waals surface area contributed by atoms with Crippen molar-refractivity contribution >= 4 is 18.1 Å². The van der Waals surface area contributed by atoms with Gasteiger partial charge in [0, 0.05) is 18.7 Å². The number of rotatable bonds is 5. The Hall–Kier alpha value is -2.30. The van der Waals surface area contributed by atoms with E-state index in [2.05, 4.69) is 10.6 Å². The van der Waals surface area contributed by atoms with Crippen molar-refractivity contribution in [3.8, 4) is 0 Å². The molecule has 1 saturated carbocycles. The van der Waals surface area contributed by atoms with Crippen molar-refractivity contribution in [1.82, 2.24) is 10.6 Å². The zero-order valence-electron chi connectivity index (χ0n) is 10.4. The molecule has 0 heterocycles. The fraction of sp³-hybridized carbons (Fsp3) is 0.286. The molecule has 5 heteroatoms. The average molecular weight is 260 g/mol. The zero-order chi connectivity index (χ0) is 13.7. The van der Waals surface area contributed by atoms with Gasteiger partial charge in [-0.1, -0.05) is 24.3 Å². The highest BCUT2D eigenvalue weighted by Gasteiger charge is 2.22. The highest BCUT2D eigenvalue weighted by molar-refractivity contribution is 5.85. The molecule has 0 saturated heterocycles. The Morgan fingerprint density at radius 1 is 1.26 bits per heavy atom. The second-order valence-electron chi connectivity index (χ2n) is 4.51. The number of carbonyl (C=O) groups is 2. The number of hydrogen-bond acceptors (Lipinski definition) is 2. The van der Waals surface area contributed by atoms with Crippen LogP contribution in [0.3, 0.4) is 0 Å². The Kier molecular flexibility index (Phi) is 4.18. The van der Waals surface area contributed by atoms with Crippen LogP contribution in [-0.4, -0.2) is 23.1 Å². The Bertz CT molecular complexity index is 490. The lowest BCUT2D eigenvalue weighted by Gasteiger charge is -2.06. The van der Waals surface area contributed by atoms with Crippen molar-refractivity contribution in [2.24, 2.45) is 0 Å². The van der Waals surface area contributed by atoms with E-state index in [1.165, 1.54) is 6.08 Å². The minimum Gasteiger partial charge on any atom is -0.478 e. The third-order valence-electron chi connectivity index (χ3n) is 2.76. The first-order valence-corrected chi connectivity index (χ1v) is 6.18. The van der Waals surface area contributed by atoms with Crippen LogP contribution < -0.4 is 10.6 Å². The Balaban J connectivity index is 1.80. The van der Waals surface area contributed by atoms with Crippen molar-refractivity contribution < 1.29 is 14.7 Å². The van der Waals surface area contributed by atoms with E-state index >= 15 is 0 Å². The van der Waals surface area contributed by atoms with E-state index in [9.17, 15) is 9.59 Å². The topological polar surface area (TPSA) is 78.4 Å². The van der Waals surface area contributed by atoms with E-state index in [1.807, 2.05) is 24.3 Å². The number of urea groups is 1. The molecule has 0 unspecified atom stereocenters. The number of benzene rings is 1. The Morgan fingerprint density at radius 3 is 2.53 bits per heavy atom. The van der Waals surface area contributed by atoms with E-state index < -0.39 is 5.97 Å². The van der Waals surface area contributed by atoms with Gasteiger partial charge in [0.05, 0.1) is 0 Å². The average Bonchev–Trinajstić information content (AvgIpc) is 3.19. The molecule has 2 rings (SSSR count). The smallest absolute Gasteiger partial charge is 0.328 e. The molecule has 1 aromatic rings. The minimum atomic E-state index is -0.970. The summed E-state index contributed by atoms with van der Waals surface area (Å²) in [7, 11) is 0. The molecule has 0 spiro atoms. The van der Waals surface area contributed by atoms with Crippen LogP contribution in [0.2, 0.25) is 0 Å².